The fraction of sp³-hybridized carbons (Fsp3) is 0.154. The summed E-state index contributed by atoms with van der Waals surface area (Å²) in [5.74, 6) is -0.246. The van der Waals surface area contributed by atoms with Gasteiger partial charge in [-0.05, 0) is 80.2 Å². The first-order valence-corrected chi connectivity index (χ1v) is 11.6. The fourth-order valence-electron chi connectivity index (χ4n) is 4.71. The highest BCUT2D eigenvalue weighted by molar-refractivity contribution is 7.80. The topological polar surface area (TPSA) is 53.3 Å². The van der Waals surface area contributed by atoms with Gasteiger partial charge >= 0.3 is 0 Å². The Labute approximate surface area is 207 Å². The third-order valence-electron chi connectivity index (χ3n) is 6.18. The molecule has 2 aromatic heterocycles. The Hall–Kier alpha value is -3.42. The SMILES string of the molecule is Cc1cc([C@H]2[C@@H](c3ccccn3)NC(=S)N2c2cc(Cl)ccc2O)c(C)n1-c1ccccc1F. The van der Waals surface area contributed by atoms with Crippen LogP contribution in [0.5, 0.6) is 5.75 Å². The summed E-state index contributed by atoms with van der Waals surface area (Å²) >= 11 is 12.0. The molecule has 2 N–H and O–H groups in total. The first-order chi connectivity index (χ1) is 16.4. The fourth-order valence-corrected chi connectivity index (χ4v) is 5.22. The molecular formula is C26H22ClFN4OS. The van der Waals surface area contributed by atoms with Crippen LogP contribution in [0.4, 0.5) is 10.1 Å². The van der Waals surface area contributed by atoms with E-state index in [4.69, 9.17) is 23.8 Å². The van der Waals surface area contributed by atoms with E-state index in [2.05, 4.69) is 10.3 Å². The molecule has 1 saturated heterocycles. The number of pyridine rings is 1. The van der Waals surface area contributed by atoms with Crippen molar-refractivity contribution >= 4 is 34.6 Å². The van der Waals surface area contributed by atoms with Crippen LogP contribution < -0.4 is 10.2 Å². The Morgan fingerprint density at radius 1 is 1.03 bits per heavy atom. The quantitative estimate of drug-likeness (QED) is 0.334. The number of hydrogen-bond acceptors (Lipinski definition) is 3. The number of halogens is 2. The molecule has 2 atom stereocenters. The van der Waals surface area contributed by atoms with Crippen molar-refractivity contribution in [2.45, 2.75) is 25.9 Å². The number of aryl methyl sites for hydroxylation is 1. The molecule has 0 unspecified atom stereocenters. The van der Waals surface area contributed by atoms with Gasteiger partial charge in [0.1, 0.15) is 11.6 Å². The Balaban J connectivity index is 1.72. The molecule has 34 heavy (non-hydrogen) atoms. The molecule has 5 rings (SSSR count). The molecule has 172 valence electrons. The van der Waals surface area contributed by atoms with Gasteiger partial charge < -0.3 is 19.9 Å². The van der Waals surface area contributed by atoms with Gasteiger partial charge in [-0.1, -0.05) is 29.8 Å². The molecule has 1 fully saturated rings. The van der Waals surface area contributed by atoms with E-state index in [1.807, 2.05) is 53.6 Å². The van der Waals surface area contributed by atoms with E-state index in [0.29, 0.717) is 21.5 Å². The molecule has 0 spiro atoms. The summed E-state index contributed by atoms with van der Waals surface area (Å²) in [6.07, 6.45) is 1.74. The van der Waals surface area contributed by atoms with Gasteiger partial charge in [-0.2, -0.15) is 0 Å². The van der Waals surface area contributed by atoms with Gasteiger partial charge in [0.2, 0.25) is 0 Å². The summed E-state index contributed by atoms with van der Waals surface area (Å²) in [6, 6.07) is 18.6. The number of nitrogens with one attached hydrogen (secondary N) is 1. The monoisotopic (exact) mass is 492 g/mol. The summed E-state index contributed by atoms with van der Waals surface area (Å²) in [5, 5.41) is 15.0. The minimum Gasteiger partial charge on any atom is -0.506 e. The van der Waals surface area contributed by atoms with E-state index in [1.54, 1.807) is 36.5 Å². The van der Waals surface area contributed by atoms with Crippen molar-refractivity contribution in [2.24, 2.45) is 0 Å². The van der Waals surface area contributed by atoms with Gasteiger partial charge in [0.25, 0.3) is 0 Å². The van der Waals surface area contributed by atoms with Crippen LogP contribution in [0.2, 0.25) is 5.02 Å². The van der Waals surface area contributed by atoms with Crippen LogP contribution in [0, 0.1) is 19.7 Å². The lowest BCUT2D eigenvalue weighted by Gasteiger charge is -2.28. The maximum atomic E-state index is 14.7. The maximum absolute atomic E-state index is 14.7. The average molecular weight is 493 g/mol. The van der Waals surface area contributed by atoms with Gasteiger partial charge in [-0.3, -0.25) is 4.98 Å². The zero-order valence-electron chi connectivity index (χ0n) is 18.5. The van der Waals surface area contributed by atoms with E-state index < -0.39 is 0 Å². The molecule has 0 aliphatic carbocycles. The van der Waals surface area contributed by atoms with Crippen molar-refractivity contribution in [2.75, 3.05) is 4.90 Å². The highest BCUT2D eigenvalue weighted by Gasteiger charge is 2.43. The lowest BCUT2D eigenvalue weighted by atomic mass is 9.96. The van der Waals surface area contributed by atoms with E-state index >= 15 is 0 Å². The summed E-state index contributed by atoms with van der Waals surface area (Å²) in [4.78, 5) is 6.43. The number of rotatable bonds is 4. The molecule has 3 heterocycles. The average Bonchev–Trinajstić information content (AvgIpc) is 3.32. The van der Waals surface area contributed by atoms with E-state index in [-0.39, 0.29) is 23.7 Å². The van der Waals surface area contributed by atoms with Crippen molar-refractivity contribution in [3.05, 3.63) is 106 Å². The standard InChI is InChI=1S/C26H22ClFN4OS/c1-15-13-18(16(2)31(15)21-9-4-3-7-19(21)28)25-24(20-8-5-6-12-29-20)30-26(34)32(25)22-14-17(27)10-11-23(22)33/h3-14,24-25,33H,1-2H3,(H,30,34)/t24-,25+/m1/s1. The number of thiocarbonyl (C=S) groups is 1. The summed E-state index contributed by atoms with van der Waals surface area (Å²) in [6.45, 7) is 3.91. The van der Waals surface area contributed by atoms with Gasteiger partial charge in [-0.25, -0.2) is 4.39 Å². The van der Waals surface area contributed by atoms with Gasteiger partial charge in [0, 0.05) is 22.6 Å². The van der Waals surface area contributed by atoms with Crippen LogP contribution in [0.15, 0.2) is 72.9 Å². The third-order valence-corrected chi connectivity index (χ3v) is 6.73. The molecule has 0 saturated carbocycles. The Bertz CT molecular complexity index is 1390. The Morgan fingerprint density at radius 2 is 1.79 bits per heavy atom. The minimum atomic E-state index is -0.363. The van der Waals surface area contributed by atoms with Crippen LogP contribution in [0.25, 0.3) is 5.69 Å². The lowest BCUT2D eigenvalue weighted by Crippen LogP contribution is -2.29. The zero-order valence-corrected chi connectivity index (χ0v) is 20.1. The molecule has 5 nitrogen and oxygen atoms in total. The van der Waals surface area contributed by atoms with Crippen molar-refractivity contribution in [3.63, 3.8) is 0 Å². The van der Waals surface area contributed by atoms with E-state index in [1.165, 1.54) is 6.07 Å². The summed E-state index contributed by atoms with van der Waals surface area (Å²) in [5.41, 5.74) is 4.45. The predicted octanol–water partition coefficient (Wildman–Crippen LogP) is 6.16. The molecule has 8 heteroatoms. The molecule has 1 aliphatic heterocycles. The highest BCUT2D eigenvalue weighted by atomic mass is 35.5. The zero-order chi connectivity index (χ0) is 24.0. The number of phenols is 1. The van der Waals surface area contributed by atoms with Crippen LogP contribution in [0.1, 0.15) is 34.7 Å². The van der Waals surface area contributed by atoms with Gasteiger partial charge in [0.05, 0.1) is 29.2 Å². The molecular weight excluding hydrogens is 471 g/mol. The number of aromatic hydroxyl groups is 1. The van der Waals surface area contributed by atoms with Crippen molar-refractivity contribution in [3.8, 4) is 11.4 Å². The second-order valence-corrected chi connectivity index (χ2v) is 9.07. The van der Waals surface area contributed by atoms with Gasteiger partial charge in [-0.15, -0.1) is 0 Å². The van der Waals surface area contributed by atoms with Crippen LogP contribution in [0.3, 0.4) is 0 Å². The van der Waals surface area contributed by atoms with Crippen LogP contribution in [-0.4, -0.2) is 19.8 Å². The Kier molecular flexibility index (Phi) is 5.75. The van der Waals surface area contributed by atoms with Crippen molar-refractivity contribution in [1.29, 1.82) is 0 Å². The smallest absolute Gasteiger partial charge is 0.174 e. The van der Waals surface area contributed by atoms with E-state index in [9.17, 15) is 9.50 Å². The second-order valence-electron chi connectivity index (χ2n) is 8.24. The third kappa shape index (κ3) is 3.71. The van der Waals surface area contributed by atoms with Gasteiger partial charge in [0.15, 0.2) is 5.11 Å². The van der Waals surface area contributed by atoms with Crippen LogP contribution >= 0.6 is 23.8 Å². The van der Waals surface area contributed by atoms with Crippen molar-refractivity contribution < 1.29 is 9.50 Å². The number of nitrogens with zero attached hydrogens (tertiary/aromatic N) is 3. The Morgan fingerprint density at radius 3 is 2.53 bits per heavy atom. The number of hydrogen-bond donors (Lipinski definition) is 2. The number of benzene rings is 2. The van der Waals surface area contributed by atoms with Crippen molar-refractivity contribution in [1.82, 2.24) is 14.9 Å². The number of para-hydroxylation sites is 1. The summed E-state index contributed by atoms with van der Waals surface area (Å²) in [7, 11) is 0. The first kappa shape index (κ1) is 22.4. The second kappa shape index (κ2) is 8.74. The minimum absolute atomic E-state index is 0.0585. The highest BCUT2D eigenvalue weighted by Crippen LogP contribution is 2.46. The molecule has 4 aromatic rings. The molecule has 1 aliphatic rings. The van der Waals surface area contributed by atoms with Crippen LogP contribution in [-0.2, 0) is 0 Å². The molecule has 2 aromatic carbocycles. The molecule has 0 amide bonds. The number of phenolic OH excluding ortho intramolecular Hbond substituents is 1. The predicted molar refractivity (Wildman–Crippen MR) is 136 cm³/mol. The first-order valence-electron chi connectivity index (χ1n) is 10.8. The summed E-state index contributed by atoms with van der Waals surface area (Å²) < 4.78 is 16.6. The molecule has 0 radical (unpaired) electrons. The normalized spacial score (nSPS) is 17.8. The maximum Gasteiger partial charge on any atom is 0.174 e. The largest absolute Gasteiger partial charge is 0.506 e. The van der Waals surface area contributed by atoms with E-state index in [0.717, 1.165) is 22.6 Å². The number of anilines is 1. The lowest BCUT2D eigenvalue weighted by molar-refractivity contribution is 0.472. The number of aromatic nitrogens is 2. The molecule has 0 bridgehead atoms.